The number of amides is 2. The van der Waals surface area contributed by atoms with E-state index in [1.54, 1.807) is 22.1 Å². The fourth-order valence-corrected chi connectivity index (χ4v) is 4.65. The molecule has 0 aromatic carbocycles. The van der Waals surface area contributed by atoms with Crippen molar-refractivity contribution in [1.82, 2.24) is 14.8 Å². The van der Waals surface area contributed by atoms with Gasteiger partial charge in [0.25, 0.3) is 5.91 Å². The highest BCUT2D eigenvalue weighted by Gasteiger charge is 2.35. The Kier molecular flexibility index (Phi) is 7.74. The maximum atomic E-state index is 13.1. The van der Waals surface area contributed by atoms with Gasteiger partial charge in [0.1, 0.15) is 11.7 Å². The summed E-state index contributed by atoms with van der Waals surface area (Å²) in [7, 11) is 1.83. The van der Waals surface area contributed by atoms with Crippen LogP contribution in [0.5, 0.6) is 5.88 Å². The lowest BCUT2D eigenvalue weighted by molar-refractivity contribution is -0.136. The second-order valence-electron chi connectivity index (χ2n) is 8.68. The van der Waals surface area contributed by atoms with Gasteiger partial charge in [-0.25, -0.2) is 4.98 Å². The van der Waals surface area contributed by atoms with E-state index in [1.807, 2.05) is 20.9 Å². The van der Waals surface area contributed by atoms with Crippen LogP contribution in [0.15, 0.2) is 16.7 Å². The molecular formula is C22H32BrN3O4. The fraction of sp³-hybridized carbons (Fsp3) is 0.682. The molecule has 3 atom stereocenters. The van der Waals surface area contributed by atoms with Gasteiger partial charge < -0.3 is 19.6 Å². The first-order chi connectivity index (χ1) is 14.3. The molecule has 1 N–H and O–H groups in total. The summed E-state index contributed by atoms with van der Waals surface area (Å²) in [5.74, 6) is 0.295. The molecule has 1 saturated carbocycles. The van der Waals surface area contributed by atoms with Crippen LogP contribution in [0.4, 0.5) is 0 Å². The lowest BCUT2D eigenvalue weighted by atomic mass is 9.88. The third-order valence-electron chi connectivity index (χ3n) is 6.27. The Morgan fingerprint density at radius 2 is 2.10 bits per heavy atom. The van der Waals surface area contributed by atoms with Crippen molar-refractivity contribution in [2.75, 3.05) is 26.7 Å². The summed E-state index contributed by atoms with van der Waals surface area (Å²) in [5.41, 5.74) is 0.364. The van der Waals surface area contributed by atoms with Gasteiger partial charge in [-0.1, -0.05) is 26.2 Å². The molecule has 2 heterocycles. The number of aliphatic hydroxyl groups excluding tert-OH is 1. The Labute approximate surface area is 186 Å². The van der Waals surface area contributed by atoms with E-state index in [2.05, 4.69) is 20.9 Å². The van der Waals surface area contributed by atoms with E-state index in [9.17, 15) is 14.7 Å². The number of likely N-dealkylation sites (N-methyl/N-ethyl adjacent to an activating group) is 1. The molecule has 3 rings (SSSR count). The van der Waals surface area contributed by atoms with Crippen molar-refractivity contribution in [3.8, 4) is 5.88 Å². The molecule has 0 spiro atoms. The Hall–Kier alpha value is -1.67. The molecule has 1 aromatic rings. The van der Waals surface area contributed by atoms with Crippen LogP contribution in [0.3, 0.4) is 0 Å². The summed E-state index contributed by atoms with van der Waals surface area (Å²) in [6, 6.07) is 1.37. The van der Waals surface area contributed by atoms with E-state index in [-0.39, 0.29) is 48.3 Å². The van der Waals surface area contributed by atoms with Crippen LogP contribution in [0.25, 0.3) is 0 Å². The number of hydrogen-bond acceptors (Lipinski definition) is 5. The molecule has 2 aliphatic rings. The number of carbonyl (C=O) groups is 2. The zero-order valence-corrected chi connectivity index (χ0v) is 19.6. The number of nitrogens with zero attached hydrogens (tertiary/aromatic N) is 3. The summed E-state index contributed by atoms with van der Waals surface area (Å²) in [5, 5.41) is 9.68. The van der Waals surface area contributed by atoms with Crippen LogP contribution in [0.1, 0.15) is 56.3 Å². The van der Waals surface area contributed by atoms with E-state index >= 15 is 0 Å². The van der Waals surface area contributed by atoms with Gasteiger partial charge in [-0.15, -0.1) is 0 Å². The molecule has 166 valence electrons. The Morgan fingerprint density at radius 3 is 2.77 bits per heavy atom. The van der Waals surface area contributed by atoms with Gasteiger partial charge in [0.2, 0.25) is 11.8 Å². The van der Waals surface area contributed by atoms with E-state index in [1.165, 1.54) is 6.42 Å². The average molecular weight is 482 g/mol. The molecule has 0 radical (unpaired) electrons. The minimum Gasteiger partial charge on any atom is -0.472 e. The minimum absolute atomic E-state index is 0.0387. The van der Waals surface area contributed by atoms with Crippen molar-refractivity contribution in [1.29, 1.82) is 0 Å². The van der Waals surface area contributed by atoms with Crippen LogP contribution >= 0.6 is 15.9 Å². The van der Waals surface area contributed by atoms with E-state index in [0.29, 0.717) is 23.1 Å². The topological polar surface area (TPSA) is 83.0 Å². The largest absolute Gasteiger partial charge is 0.472 e. The van der Waals surface area contributed by atoms with Crippen molar-refractivity contribution in [2.24, 2.45) is 11.8 Å². The molecule has 0 saturated heterocycles. The summed E-state index contributed by atoms with van der Waals surface area (Å²) < 4.78 is 6.89. The molecule has 1 aromatic heterocycles. The van der Waals surface area contributed by atoms with Gasteiger partial charge >= 0.3 is 0 Å². The van der Waals surface area contributed by atoms with Crippen molar-refractivity contribution < 1.29 is 19.4 Å². The number of carbonyl (C=O) groups excluding carboxylic acids is 2. The smallest absolute Gasteiger partial charge is 0.259 e. The maximum absolute atomic E-state index is 13.1. The predicted octanol–water partition coefficient (Wildman–Crippen LogP) is 3.10. The fourth-order valence-electron chi connectivity index (χ4n) is 4.32. The number of rotatable bonds is 5. The minimum atomic E-state index is -0.327. The van der Waals surface area contributed by atoms with E-state index < -0.39 is 0 Å². The average Bonchev–Trinajstić information content (AvgIpc) is 2.76. The first-order valence-electron chi connectivity index (χ1n) is 10.8. The number of fused-ring (bicyclic) bond motifs is 1. The molecule has 1 aliphatic carbocycles. The molecule has 1 fully saturated rings. The molecule has 7 nitrogen and oxygen atoms in total. The van der Waals surface area contributed by atoms with Gasteiger partial charge in [-0.05, 0) is 41.8 Å². The highest BCUT2D eigenvalue weighted by atomic mass is 79.9. The molecular weight excluding hydrogens is 450 g/mol. The van der Waals surface area contributed by atoms with Crippen LogP contribution in [-0.2, 0) is 4.79 Å². The highest BCUT2D eigenvalue weighted by molar-refractivity contribution is 9.10. The van der Waals surface area contributed by atoms with Crippen LogP contribution < -0.4 is 4.74 Å². The molecule has 0 bridgehead atoms. The summed E-state index contributed by atoms with van der Waals surface area (Å²) in [4.78, 5) is 33.9. The molecule has 2 amide bonds. The van der Waals surface area contributed by atoms with Crippen molar-refractivity contribution in [2.45, 2.75) is 58.1 Å². The van der Waals surface area contributed by atoms with Gasteiger partial charge in [-0.2, -0.15) is 0 Å². The van der Waals surface area contributed by atoms with Crippen LogP contribution in [-0.4, -0.2) is 70.6 Å². The van der Waals surface area contributed by atoms with Crippen LogP contribution in [0.2, 0.25) is 0 Å². The Morgan fingerprint density at radius 1 is 1.40 bits per heavy atom. The third-order valence-corrected chi connectivity index (χ3v) is 6.71. The summed E-state index contributed by atoms with van der Waals surface area (Å²) >= 11 is 3.38. The molecule has 8 heteroatoms. The zero-order chi connectivity index (χ0) is 21.8. The second-order valence-corrected chi connectivity index (χ2v) is 9.60. The van der Waals surface area contributed by atoms with Gasteiger partial charge in [0.15, 0.2) is 0 Å². The highest BCUT2D eigenvalue weighted by Crippen LogP contribution is 2.29. The second kappa shape index (κ2) is 10.1. The number of halogens is 1. The van der Waals surface area contributed by atoms with E-state index in [0.717, 1.165) is 25.7 Å². The van der Waals surface area contributed by atoms with Gasteiger partial charge in [0.05, 0.1) is 19.2 Å². The first-order valence-corrected chi connectivity index (χ1v) is 11.6. The van der Waals surface area contributed by atoms with Crippen molar-refractivity contribution in [3.05, 3.63) is 22.3 Å². The third kappa shape index (κ3) is 5.14. The van der Waals surface area contributed by atoms with Gasteiger partial charge in [-0.3, -0.25) is 9.59 Å². The quantitative estimate of drug-likeness (QED) is 0.698. The lowest BCUT2D eigenvalue weighted by Gasteiger charge is -2.38. The predicted molar refractivity (Wildman–Crippen MR) is 117 cm³/mol. The number of pyridine rings is 1. The first kappa shape index (κ1) is 23.0. The summed E-state index contributed by atoms with van der Waals surface area (Å²) in [6.07, 6.45) is 6.65. The number of aromatic nitrogens is 1. The number of hydrogen-bond donors (Lipinski definition) is 1. The standard InChI is InChI=1S/C22H32BrN3O4/c1-14-11-26(15(2)13-27)22(29)18-9-17(23)10-24-20(18)30-19(14)12-25(3)21(28)16-7-5-4-6-8-16/h9-10,14-16,19,27H,4-8,11-13H2,1-3H3/t14-,15-,19+/m1/s1. The number of aliphatic hydroxyl groups is 1. The van der Waals surface area contributed by atoms with Crippen LogP contribution in [0, 0.1) is 11.8 Å². The van der Waals surface area contributed by atoms with E-state index in [4.69, 9.17) is 4.74 Å². The zero-order valence-electron chi connectivity index (χ0n) is 18.0. The SMILES string of the molecule is C[C@@H]1CN([C@H](C)CO)C(=O)c2cc(Br)cnc2O[C@H]1CN(C)C(=O)C1CCCCC1. The normalized spacial score (nSPS) is 23.8. The van der Waals surface area contributed by atoms with Gasteiger partial charge in [0, 0.05) is 36.1 Å². The van der Waals surface area contributed by atoms with Crippen molar-refractivity contribution in [3.63, 3.8) is 0 Å². The monoisotopic (exact) mass is 481 g/mol. The molecule has 30 heavy (non-hydrogen) atoms. The number of ether oxygens (including phenoxy) is 1. The Balaban J connectivity index is 1.84. The molecule has 1 aliphatic heterocycles. The maximum Gasteiger partial charge on any atom is 0.259 e. The van der Waals surface area contributed by atoms with Crippen molar-refractivity contribution >= 4 is 27.7 Å². The molecule has 0 unspecified atom stereocenters. The Bertz CT molecular complexity index is 769. The summed E-state index contributed by atoms with van der Waals surface area (Å²) in [6.45, 7) is 4.58. The lowest BCUT2D eigenvalue weighted by Crippen LogP contribution is -2.51.